The molecular weight excluding hydrogens is 438 g/mol. The maximum absolute atomic E-state index is 12.9. The largest absolute Gasteiger partial charge is 0.497 e. The lowest BCUT2D eigenvalue weighted by Gasteiger charge is -2.11. The molecule has 0 fully saturated rings. The zero-order valence-corrected chi connectivity index (χ0v) is 19.4. The van der Waals surface area contributed by atoms with Gasteiger partial charge in [-0.05, 0) is 53.6 Å². The van der Waals surface area contributed by atoms with Crippen molar-refractivity contribution in [3.63, 3.8) is 0 Å². The molecule has 4 rings (SSSR count). The summed E-state index contributed by atoms with van der Waals surface area (Å²) in [6, 6.07) is 28.8. The molecule has 0 aliphatic heterocycles. The minimum absolute atomic E-state index is 0.245. The smallest absolute Gasteiger partial charge is 0.251 e. The van der Waals surface area contributed by atoms with Crippen LogP contribution in [0.3, 0.4) is 0 Å². The minimum Gasteiger partial charge on any atom is -0.497 e. The normalized spacial score (nSPS) is 11.0. The van der Waals surface area contributed by atoms with Crippen LogP contribution in [0.1, 0.15) is 23.2 Å². The van der Waals surface area contributed by atoms with Gasteiger partial charge in [0.1, 0.15) is 18.1 Å². The van der Waals surface area contributed by atoms with Crippen LogP contribution in [-0.4, -0.2) is 24.5 Å². The van der Waals surface area contributed by atoms with Crippen molar-refractivity contribution >= 4 is 28.5 Å². The number of rotatable bonds is 9. The number of hydrogen-bond donors (Lipinski definition) is 1. The third-order valence-electron chi connectivity index (χ3n) is 5.40. The Labute approximate surface area is 204 Å². The Morgan fingerprint density at radius 2 is 1.71 bits per heavy atom. The molecule has 0 unspecified atom stereocenters. The summed E-state index contributed by atoms with van der Waals surface area (Å²) in [6.45, 7) is 0.628. The third kappa shape index (κ3) is 6.24. The van der Waals surface area contributed by atoms with Crippen molar-refractivity contribution in [3.05, 3.63) is 102 Å². The van der Waals surface area contributed by atoms with Crippen LogP contribution in [0.2, 0.25) is 0 Å². The van der Waals surface area contributed by atoms with E-state index in [1.165, 1.54) is 0 Å². The molecule has 0 atom stereocenters. The van der Waals surface area contributed by atoms with Gasteiger partial charge in [-0.1, -0.05) is 48.5 Å². The maximum atomic E-state index is 12.9. The molecule has 0 saturated heterocycles. The van der Waals surface area contributed by atoms with Crippen molar-refractivity contribution in [2.24, 2.45) is 0 Å². The summed E-state index contributed by atoms with van der Waals surface area (Å²) in [6.07, 6.45) is 2.06. The fourth-order valence-corrected chi connectivity index (χ4v) is 3.55. The minimum atomic E-state index is -0.245. The first-order chi connectivity index (χ1) is 17.2. The first-order valence-corrected chi connectivity index (χ1v) is 11.2. The van der Waals surface area contributed by atoms with E-state index in [4.69, 9.17) is 14.7 Å². The van der Waals surface area contributed by atoms with E-state index in [0.29, 0.717) is 17.9 Å². The number of benzene rings is 3. The topological polar surface area (TPSA) is 84.2 Å². The first-order valence-electron chi connectivity index (χ1n) is 11.2. The molecule has 0 spiro atoms. The van der Waals surface area contributed by atoms with Gasteiger partial charge in [-0.25, -0.2) is 4.98 Å². The average molecular weight is 464 g/mol. The lowest BCUT2D eigenvalue weighted by atomic mass is 10.0. The molecule has 6 nitrogen and oxygen atoms in total. The summed E-state index contributed by atoms with van der Waals surface area (Å²) in [7, 11) is 1.61. The fraction of sp³-hybridized carbons (Fsp3) is 0.138. The first kappa shape index (κ1) is 23.5. The molecule has 3 aromatic carbocycles. The quantitative estimate of drug-likeness (QED) is 0.204. The van der Waals surface area contributed by atoms with Gasteiger partial charge in [0.25, 0.3) is 5.91 Å². The van der Waals surface area contributed by atoms with E-state index in [-0.39, 0.29) is 18.9 Å². The highest BCUT2D eigenvalue weighted by molar-refractivity contribution is 6.24. The highest BCUT2D eigenvalue weighted by atomic mass is 16.5. The van der Waals surface area contributed by atoms with Gasteiger partial charge in [-0.15, -0.1) is 0 Å². The lowest BCUT2D eigenvalue weighted by molar-refractivity contribution is -0.115. The van der Waals surface area contributed by atoms with Crippen LogP contribution in [0.15, 0.2) is 84.9 Å². The highest BCUT2D eigenvalue weighted by Gasteiger charge is 2.12. The molecule has 1 heterocycles. The summed E-state index contributed by atoms with van der Waals surface area (Å²) in [5.74, 6) is 1.17. The monoisotopic (exact) mass is 463 g/mol. The molecule has 174 valence electrons. The second-order valence-corrected chi connectivity index (χ2v) is 7.80. The molecule has 1 N–H and O–H groups in total. The third-order valence-corrected chi connectivity index (χ3v) is 5.40. The van der Waals surface area contributed by atoms with E-state index in [0.717, 1.165) is 33.5 Å². The summed E-state index contributed by atoms with van der Waals surface area (Å²) in [4.78, 5) is 17.5. The number of methoxy groups -OCH3 is 1. The van der Waals surface area contributed by atoms with Crippen molar-refractivity contribution in [1.29, 1.82) is 5.26 Å². The second kappa shape index (κ2) is 11.5. The van der Waals surface area contributed by atoms with Crippen LogP contribution in [0.4, 0.5) is 0 Å². The Bertz CT molecular complexity index is 1370. The number of para-hydroxylation sites is 1. The predicted molar refractivity (Wildman–Crippen MR) is 137 cm³/mol. The van der Waals surface area contributed by atoms with Gasteiger partial charge in [0, 0.05) is 17.5 Å². The van der Waals surface area contributed by atoms with E-state index in [1.54, 1.807) is 7.11 Å². The number of fused-ring (bicyclic) bond motifs is 1. The van der Waals surface area contributed by atoms with Crippen molar-refractivity contribution in [3.8, 4) is 17.6 Å². The van der Waals surface area contributed by atoms with E-state index in [1.807, 2.05) is 97.1 Å². The zero-order valence-electron chi connectivity index (χ0n) is 19.4. The zero-order chi connectivity index (χ0) is 24.5. The molecule has 0 aliphatic rings. The van der Waals surface area contributed by atoms with Gasteiger partial charge in [0.2, 0.25) is 0 Å². The van der Waals surface area contributed by atoms with Gasteiger partial charge in [0.05, 0.1) is 30.8 Å². The van der Waals surface area contributed by atoms with Gasteiger partial charge in [-0.2, -0.15) is 5.26 Å². The Balaban J connectivity index is 1.51. The van der Waals surface area contributed by atoms with Gasteiger partial charge < -0.3 is 14.8 Å². The molecule has 1 aromatic heterocycles. The van der Waals surface area contributed by atoms with Crippen LogP contribution in [0.5, 0.6) is 11.5 Å². The number of carbonyl (C=O) groups is 1. The fourth-order valence-electron chi connectivity index (χ4n) is 3.55. The Morgan fingerprint density at radius 3 is 2.46 bits per heavy atom. The number of nitrogens with zero attached hydrogens (tertiary/aromatic N) is 2. The van der Waals surface area contributed by atoms with Crippen LogP contribution in [0.25, 0.3) is 22.6 Å². The molecule has 0 radical (unpaired) electrons. The van der Waals surface area contributed by atoms with Crippen molar-refractivity contribution in [1.82, 2.24) is 10.3 Å². The number of nitrogens with one attached hydrogen (secondary N) is 1. The van der Waals surface area contributed by atoms with Crippen molar-refractivity contribution in [2.45, 2.75) is 13.0 Å². The number of pyridine rings is 1. The number of aromatic nitrogens is 1. The standard InChI is InChI=1S/C29H25N3O3/c1-34-25-13-7-21(8-14-25)19-27(29(33)31-18-4-17-30)22-10-15-26(16-11-22)35-20-24-12-9-23-5-2-3-6-28(23)32-24/h2-3,5-16,19H,4,18,20H2,1H3,(H,31,33)/b27-19+. The molecular formula is C29H25N3O3. The summed E-state index contributed by atoms with van der Waals surface area (Å²) >= 11 is 0. The average Bonchev–Trinajstić information content (AvgIpc) is 2.91. The lowest BCUT2D eigenvalue weighted by Crippen LogP contribution is -2.25. The number of carbonyl (C=O) groups excluding carboxylic acids is 1. The van der Waals surface area contributed by atoms with Crippen LogP contribution in [0, 0.1) is 11.3 Å². The van der Waals surface area contributed by atoms with Crippen molar-refractivity contribution in [2.75, 3.05) is 13.7 Å². The number of hydrogen-bond acceptors (Lipinski definition) is 5. The molecule has 6 heteroatoms. The van der Waals surface area contributed by atoms with Gasteiger partial charge in [0.15, 0.2) is 0 Å². The summed E-state index contributed by atoms with van der Waals surface area (Å²) in [5, 5.41) is 12.7. The van der Waals surface area contributed by atoms with Gasteiger partial charge >= 0.3 is 0 Å². The number of amides is 1. The van der Waals surface area contributed by atoms with Crippen LogP contribution >= 0.6 is 0 Å². The van der Waals surface area contributed by atoms with Gasteiger partial charge in [-0.3, -0.25) is 4.79 Å². The SMILES string of the molecule is COc1ccc(/C=C(/C(=O)NCCC#N)c2ccc(OCc3ccc4ccccc4n3)cc2)cc1. The second-order valence-electron chi connectivity index (χ2n) is 7.80. The number of nitriles is 1. The molecule has 35 heavy (non-hydrogen) atoms. The van der Waals surface area contributed by atoms with Crippen molar-refractivity contribution < 1.29 is 14.3 Å². The van der Waals surface area contributed by atoms with E-state index in [9.17, 15) is 4.79 Å². The Kier molecular flexibility index (Phi) is 7.72. The van der Waals surface area contributed by atoms with E-state index >= 15 is 0 Å². The molecule has 4 aromatic rings. The van der Waals surface area contributed by atoms with E-state index < -0.39 is 0 Å². The molecule has 0 bridgehead atoms. The van der Waals surface area contributed by atoms with Crippen LogP contribution in [-0.2, 0) is 11.4 Å². The molecule has 0 aliphatic carbocycles. The maximum Gasteiger partial charge on any atom is 0.251 e. The predicted octanol–water partition coefficient (Wildman–Crippen LogP) is 5.39. The Hall–Kier alpha value is -4.63. The summed E-state index contributed by atoms with van der Waals surface area (Å²) in [5.41, 5.74) is 3.87. The molecule has 1 amide bonds. The number of ether oxygens (including phenoxy) is 2. The van der Waals surface area contributed by atoms with E-state index in [2.05, 4.69) is 10.3 Å². The summed E-state index contributed by atoms with van der Waals surface area (Å²) < 4.78 is 11.1. The highest BCUT2D eigenvalue weighted by Crippen LogP contribution is 2.23. The Morgan fingerprint density at radius 1 is 0.971 bits per heavy atom. The van der Waals surface area contributed by atoms with Crippen LogP contribution < -0.4 is 14.8 Å². The molecule has 0 saturated carbocycles.